The number of nitrogens with zero attached hydrogens (tertiary/aromatic N) is 2. The molecule has 4 aromatic rings. The first kappa shape index (κ1) is 17.7. The van der Waals surface area contributed by atoms with Crippen LogP contribution >= 0.6 is 22.9 Å². The maximum atomic E-state index is 12.0. The van der Waals surface area contributed by atoms with Crippen molar-refractivity contribution < 1.29 is 13.9 Å². The van der Waals surface area contributed by atoms with E-state index in [4.69, 9.17) is 20.8 Å². The molecular formula is C20H15ClN2O3S. The molecule has 2 aromatic heterocycles. The Hall–Kier alpha value is -2.70. The Bertz CT molecular complexity index is 1060. The number of ether oxygens (including phenoxy) is 1. The quantitative estimate of drug-likeness (QED) is 0.413. The fraction of sp³-hybridized carbons (Fsp3) is 0.150. The second-order valence-corrected chi connectivity index (χ2v) is 7.36. The summed E-state index contributed by atoms with van der Waals surface area (Å²) < 4.78 is 12.1. The molecule has 2 aromatic carbocycles. The first-order chi connectivity index (χ1) is 13.2. The molecule has 0 fully saturated rings. The number of hydrogen-bond donors (Lipinski definition) is 0. The van der Waals surface area contributed by atoms with Crippen molar-refractivity contribution in [1.29, 1.82) is 0 Å². The van der Waals surface area contributed by atoms with E-state index in [9.17, 15) is 4.79 Å². The number of rotatable bonds is 6. The van der Waals surface area contributed by atoms with E-state index >= 15 is 0 Å². The van der Waals surface area contributed by atoms with Crippen LogP contribution in [0, 0.1) is 0 Å². The van der Waals surface area contributed by atoms with Gasteiger partial charge < -0.3 is 9.15 Å². The van der Waals surface area contributed by atoms with Crippen LogP contribution in [0.2, 0.25) is 5.02 Å². The number of halogens is 1. The number of fused-ring (bicyclic) bond motifs is 1. The van der Waals surface area contributed by atoms with E-state index in [1.165, 1.54) is 11.3 Å². The largest absolute Gasteiger partial charge is 0.458 e. The summed E-state index contributed by atoms with van der Waals surface area (Å²) in [7, 11) is 0. The number of aryl methyl sites for hydroxylation is 1. The molecule has 0 bridgehead atoms. The summed E-state index contributed by atoms with van der Waals surface area (Å²) in [6, 6.07) is 15.2. The van der Waals surface area contributed by atoms with E-state index in [0.29, 0.717) is 23.1 Å². The zero-order chi connectivity index (χ0) is 18.6. The number of carbonyl (C=O) groups excluding carboxylic acids is 1. The molecule has 0 aliphatic heterocycles. The van der Waals surface area contributed by atoms with Gasteiger partial charge in [0, 0.05) is 12.0 Å². The molecule has 5 nitrogen and oxygen atoms in total. The van der Waals surface area contributed by atoms with Gasteiger partial charge in [0.25, 0.3) is 0 Å². The van der Waals surface area contributed by atoms with Crippen molar-refractivity contribution in [3.8, 4) is 11.3 Å². The molecule has 0 saturated carbocycles. The van der Waals surface area contributed by atoms with E-state index in [1.54, 1.807) is 12.3 Å². The molecule has 0 spiro atoms. The predicted octanol–water partition coefficient (Wildman–Crippen LogP) is 5.28. The number of oxazole rings is 1. The van der Waals surface area contributed by atoms with Crippen LogP contribution in [0.15, 0.2) is 59.1 Å². The van der Waals surface area contributed by atoms with E-state index in [0.717, 1.165) is 20.8 Å². The van der Waals surface area contributed by atoms with Crippen molar-refractivity contribution in [2.75, 3.05) is 0 Å². The van der Waals surface area contributed by atoms with Gasteiger partial charge in [0.15, 0.2) is 11.7 Å². The Kier molecular flexibility index (Phi) is 5.18. The lowest BCUT2D eigenvalue weighted by atomic mass is 10.2. The minimum atomic E-state index is -0.313. The minimum Gasteiger partial charge on any atom is -0.458 e. The summed E-state index contributed by atoms with van der Waals surface area (Å²) in [5.74, 6) is 0.743. The maximum Gasteiger partial charge on any atom is 0.306 e. The molecule has 0 N–H and O–H groups in total. The Morgan fingerprint density at radius 1 is 1.15 bits per heavy atom. The van der Waals surface area contributed by atoms with Crippen LogP contribution in [0.1, 0.15) is 17.3 Å². The molecule has 0 unspecified atom stereocenters. The summed E-state index contributed by atoms with van der Waals surface area (Å²) in [5.41, 5.74) is 1.69. The number of thiazole rings is 1. The van der Waals surface area contributed by atoms with Gasteiger partial charge in [0.1, 0.15) is 11.6 Å². The van der Waals surface area contributed by atoms with Crippen LogP contribution in [0.3, 0.4) is 0 Å². The lowest BCUT2D eigenvalue weighted by Crippen LogP contribution is -2.05. The number of carbonyl (C=O) groups is 1. The van der Waals surface area contributed by atoms with E-state index in [2.05, 4.69) is 9.97 Å². The fourth-order valence-corrected chi connectivity index (χ4v) is 3.73. The van der Waals surface area contributed by atoms with Gasteiger partial charge in [-0.2, -0.15) is 0 Å². The number of benzene rings is 2. The van der Waals surface area contributed by atoms with Gasteiger partial charge in [0.2, 0.25) is 0 Å². The molecule has 0 radical (unpaired) electrons. The summed E-state index contributed by atoms with van der Waals surface area (Å²) >= 11 is 7.68. The fourth-order valence-electron chi connectivity index (χ4n) is 2.62. The number of aromatic nitrogens is 2. The van der Waals surface area contributed by atoms with Crippen LogP contribution in [-0.4, -0.2) is 15.9 Å². The molecule has 0 aliphatic rings. The lowest BCUT2D eigenvalue weighted by molar-refractivity contribution is -0.145. The third-order valence-corrected chi connectivity index (χ3v) is 5.27. The number of esters is 1. The lowest BCUT2D eigenvalue weighted by Gasteiger charge is -2.01. The van der Waals surface area contributed by atoms with Gasteiger partial charge in [-0.05, 0) is 24.3 Å². The average molecular weight is 399 g/mol. The second kappa shape index (κ2) is 7.90. The molecule has 136 valence electrons. The standard InChI is InChI=1S/C20H15ClN2O3S/c21-14-6-2-1-5-13(14)16-11-22-18(26-16)9-10-20(24)25-12-19-23-15-7-3-4-8-17(15)27-19/h1-8,11H,9-10,12H2. The highest BCUT2D eigenvalue weighted by atomic mass is 35.5. The molecule has 0 aliphatic carbocycles. The molecule has 0 amide bonds. The smallest absolute Gasteiger partial charge is 0.306 e. The summed E-state index contributed by atoms with van der Waals surface area (Å²) in [6.07, 6.45) is 2.17. The van der Waals surface area contributed by atoms with Gasteiger partial charge >= 0.3 is 5.97 Å². The van der Waals surface area contributed by atoms with Crippen molar-refractivity contribution in [2.45, 2.75) is 19.4 Å². The van der Waals surface area contributed by atoms with E-state index in [1.807, 2.05) is 42.5 Å². The summed E-state index contributed by atoms with van der Waals surface area (Å²) in [6.45, 7) is 0.175. The minimum absolute atomic E-state index is 0.175. The molecule has 7 heteroatoms. The molecule has 27 heavy (non-hydrogen) atoms. The van der Waals surface area contributed by atoms with E-state index < -0.39 is 0 Å². The maximum absolute atomic E-state index is 12.0. The third kappa shape index (κ3) is 4.18. The summed E-state index contributed by atoms with van der Waals surface area (Å²) in [4.78, 5) is 20.7. The van der Waals surface area contributed by atoms with Gasteiger partial charge in [-0.3, -0.25) is 4.79 Å². The van der Waals surface area contributed by atoms with Crippen LogP contribution in [0.5, 0.6) is 0 Å². The Labute approximate surface area is 164 Å². The summed E-state index contributed by atoms with van der Waals surface area (Å²) in [5, 5.41) is 1.37. The monoisotopic (exact) mass is 398 g/mol. The van der Waals surface area contributed by atoms with Crippen molar-refractivity contribution in [1.82, 2.24) is 9.97 Å². The van der Waals surface area contributed by atoms with Crippen LogP contribution in [-0.2, 0) is 22.6 Å². The molecular weight excluding hydrogens is 384 g/mol. The SMILES string of the molecule is O=C(CCc1ncc(-c2ccccc2Cl)o1)OCc1nc2ccccc2s1. The van der Waals surface area contributed by atoms with Crippen molar-refractivity contribution in [3.05, 3.63) is 70.6 Å². The van der Waals surface area contributed by atoms with Crippen molar-refractivity contribution in [2.24, 2.45) is 0 Å². The van der Waals surface area contributed by atoms with Crippen molar-refractivity contribution >= 4 is 39.1 Å². The number of hydrogen-bond acceptors (Lipinski definition) is 6. The second-order valence-electron chi connectivity index (χ2n) is 5.83. The Balaban J connectivity index is 1.31. The molecule has 0 atom stereocenters. The molecule has 0 saturated heterocycles. The highest BCUT2D eigenvalue weighted by molar-refractivity contribution is 7.18. The van der Waals surface area contributed by atoms with Crippen LogP contribution in [0.4, 0.5) is 0 Å². The van der Waals surface area contributed by atoms with Crippen LogP contribution in [0.25, 0.3) is 21.5 Å². The van der Waals surface area contributed by atoms with Gasteiger partial charge in [0.05, 0.1) is 27.9 Å². The molecule has 2 heterocycles. The topological polar surface area (TPSA) is 65.2 Å². The molecule has 4 rings (SSSR count). The van der Waals surface area contributed by atoms with Crippen molar-refractivity contribution in [3.63, 3.8) is 0 Å². The zero-order valence-electron chi connectivity index (χ0n) is 14.2. The Morgan fingerprint density at radius 3 is 2.81 bits per heavy atom. The third-order valence-electron chi connectivity index (χ3n) is 3.93. The first-order valence-electron chi connectivity index (χ1n) is 8.39. The van der Waals surface area contributed by atoms with Gasteiger partial charge in [-0.1, -0.05) is 35.9 Å². The van der Waals surface area contributed by atoms with Gasteiger partial charge in [-0.25, -0.2) is 9.97 Å². The highest BCUT2D eigenvalue weighted by Gasteiger charge is 2.12. The Morgan fingerprint density at radius 2 is 1.96 bits per heavy atom. The van der Waals surface area contributed by atoms with E-state index in [-0.39, 0.29) is 19.0 Å². The average Bonchev–Trinajstić information content (AvgIpc) is 3.31. The number of para-hydroxylation sites is 1. The normalized spacial score (nSPS) is 11.0. The van der Waals surface area contributed by atoms with Gasteiger partial charge in [-0.15, -0.1) is 11.3 Å². The van der Waals surface area contributed by atoms with Crippen LogP contribution < -0.4 is 0 Å². The first-order valence-corrected chi connectivity index (χ1v) is 9.58. The zero-order valence-corrected chi connectivity index (χ0v) is 15.8. The predicted molar refractivity (Wildman–Crippen MR) is 105 cm³/mol. The highest BCUT2D eigenvalue weighted by Crippen LogP contribution is 2.28.